The fraction of sp³-hybridized carbons (Fsp3) is 0.200. The van der Waals surface area contributed by atoms with Gasteiger partial charge in [-0.25, -0.2) is 4.68 Å². The number of carbonyl (C=O) groups excluding carboxylic acids is 1. The molecule has 8 nitrogen and oxygen atoms in total. The predicted molar refractivity (Wildman–Crippen MR) is 81.1 cm³/mol. The van der Waals surface area contributed by atoms with E-state index >= 15 is 0 Å². The fourth-order valence-electron chi connectivity index (χ4n) is 2.86. The highest BCUT2D eigenvalue weighted by atomic mass is 19.4. The van der Waals surface area contributed by atoms with Crippen LogP contribution < -0.4 is 5.32 Å². The molecule has 0 fully saturated rings. The van der Waals surface area contributed by atoms with Crippen LogP contribution in [-0.4, -0.2) is 36.5 Å². The van der Waals surface area contributed by atoms with Crippen LogP contribution in [0.5, 0.6) is 0 Å². The number of anilines is 1. The van der Waals surface area contributed by atoms with Gasteiger partial charge in [0, 0.05) is 18.8 Å². The minimum Gasteiger partial charge on any atom is -0.461 e. The summed E-state index contributed by atoms with van der Waals surface area (Å²) in [6, 6.07) is 1.58. The number of carbonyl (C=O) groups is 1. The number of nitrogens with zero attached hydrogens (tertiary/aromatic N) is 5. The summed E-state index contributed by atoms with van der Waals surface area (Å²) in [6.45, 7) is 0. The van der Waals surface area contributed by atoms with Gasteiger partial charge in [0.25, 0.3) is 0 Å². The Balaban J connectivity index is 1.98. The summed E-state index contributed by atoms with van der Waals surface area (Å²) in [6.07, 6.45) is 0.419. The van der Waals surface area contributed by atoms with Crippen LogP contribution in [0.3, 0.4) is 0 Å². The number of allylic oxidation sites excluding steroid dienone is 2. The number of ketones is 1. The second-order valence-corrected chi connectivity index (χ2v) is 5.60. The largest absolute Gasteiger partial charge is 0.461 e. The van der Waals surface area contributed by atoms with Crippen molar-refractivity contribution in [2.45, 2.75) is 12.2 Å². The van der Waals surface area contributed by atoms with E-state index in [4.69, 9.17) is 4.42 Å². The molecule has 0 spiro atoms. The molecule has 4 rings (SSSR count). The van der Waals surface area contributed by atoms with Gasteiger partial charge in [0.15, 0.2) is 5.76 Å². The molecule has 4 heterocycles. The minimum absolute atomic E-state index is 0.123. The van der Waals surface area contributed by atoms with Crippen molar-refractivity contribution < 1.29 is 22.4 Å². The first kappa shape index (κ1) is 16.1. The maximum atomic E-state index is 13.7. The monoisotopic (exact) mass is 364 g/mol. The third-order valence-corrected chi connectivity index (χ3v) is 3.91. The summed E-state index contributed by atoms with van der Waals surface area (Å²) < 4.78 is 48.8. The van der Waals surface area contributed by atoms with Gasteiger partial charge < -0.3 is 9.73 Å². The number of fused-ring (bicyclic) bond motifs is 1. The van der Waals surface area contributed by atoms with Crippen molar-refractivity contribution in [3.63, 3.8) is 0 Å². The van der Waals surface area contributed by atoms with Crippen molar-refractivity contribution in [1.29, 1.82) is 0 Å². The smallest absolute Gasteiger partial charge is 0.431 e. The van der Waals surface area contributed by atoms with Gasteiger partial charge in [-0.3, -0.25) is 9.48 Å². The highest BCUT2D eigenvalue weighted by Crippen LogP contribution is 2.41. The van der Waals surface area contributed by atoms with Gasteiger partial charge in [0.1, 0.15) is 18.1 Å². The topological polar surface area (TPSA) is 90.8 Å². The molecule has 3 aromatic heterocycles. The zero-order chi connectivity index (χ0) is 18.5. The molecule has 0 bridgehead atoms. The Morgan fingerprint density at radius 2 is 2.15 bits per heavy atom. The Morgan fingerprint density at radius 3 is 2.77 bits per heavy atom. The quantitative estimate of drug-likeness (QED) is 0.718. The molecule has 0 saturated heterocycles. The second kappa shape index (κ2) is 5.58. The number of hydrogen-bond donors (Lipinski definition) is 1. The van der Waals surface area contributed by atoms with Gasteiger partial charge >= 0.3 is 6.18 Å². The number of alkyl halides is 3. The summed E-state index contributed by atoms with van der Waals surface area (Å²) in [5, 5.41) is 10.1. The molecule has 1 N–H and O–H groups in total. The van der Waals surface area contributed by atoms with E-state index in [0.29, 0.717) is 5.56 Å². The van der Waals surface area contributed by atoms with E-state index < -0.39 is 29.3 Å². The van der Waals surface area contributed by atoms with Gasteiger partial charge in [-0.05, 0) is 12.1 Å². The third-order valence-electron chi connectivity index (χ3n) is 3.91. The van der Waals surface area contributed by atoms with Gasteiger partial charge in [0.2, 0.25) is 11.7 Å². The first-order chi connectivity index (χ1) is 12.4. The van der Waals surface area contributed by atoms with Crippen molar-refractivity contribution in [2.24, 2.45) is 7.05 Å². The maximum absolute atomic E-state index is 13.7. The summed E-state index contributed by atoms with van der Waals surface area (Å²) in [5.41, 5.74) is -1.39. The van der Waals surface area contributed by atoms with Crippen LogP contribution in [0.25, 0.3) is 0 Å². The van der Waals surface area contributed by atoms with Crippen LogP contribution in [0.15, 0.2) is 52.8 Å². The van der Waals surface area contributed by atoms with Crippen molar-refractivity contribution >= 4 is 11.7 Å². The van der Waals surface area contributed by atoms with E-state index in [9.17, 15) is 18.0 Å². The van der Waals surface area contributed by atoms with Crippen LogP contribution in [0, 0.1) is 0 Å². The molecular formula is C15H11F3N6O2. The number of rotatable bonds is 3. The Morgan fingerprint density at radius 1 is 1.35 bits per heavy atom. The molecular weight excluding hydrogens is 353 g/mol. The van der Waals surface area contributed by atoms with Crippen LogP contribution in [0.1, 0.15) is 22.2 Å². The molecule has 0 aliphatic carbocycles. The molecule has 0 radical (unpaired) electrons. The average Bonchev–Trinajstić information content (AvgIpc) is 3.32. The van der Waals surface area contributed by atoms with Crippen LogP contribution >= 0.6 is 0 Å². The SMILES string of the molecule is Cn1cc([C@@H]2C(C(=O)c3ccco3)=C(C(F)(F)F)Nc3ncnn32)cn1. The Labute approximate surface area is 143 Å². The molecule has 134 valence electrons. The molecule has 0 saturated carbocycles. The zero-order valence-corrected chi connectivity index (χ0v) is 13.2. The first-order valence-electron chi connectivity index (χ1n) is 7.41. The van der Waals surface area contributed by atoms with Crippen LogP contribution in [0.2, 0.25) is 0 Å². The lowest BCUT2D eigenvalue weighted by Gasteiger charge is -2.29. The van der Waals surface area contributed by atoms with E-state index in [-0.39, 0.29) is 11.7 Å². The lowest BCUT2D eigenvalue weighted by atomic mass is 9.93. The second-order valence-electron chi connectivity index (χ2n) is 5.60. The van der Waals surface area contributed by atoms with E-state index in [1.54, 1.807) is 7.05 Å². The number of aryl methyl sites for hydroxylation is 1. The summed E-state index contributed by atoms with van der Waals surface area (Å²) in [4.78, 5) is 16.7. The Bertz CT molecular complexity index is 999. The minimum atomic E-state index is -4.81. The van der Waals surface area contributed by atoms with Gasteiger partial charge in [0.05, 0.1) is 18.0 Å². The molecule has 0 amide bonds. The Kier molecular flexibility index (Phi) is 3.46. The van der Waals surface area contributed by atoms with Crippen molar-refractivity contribution in [2.75, 3.05) is 5.32 Å². The summed E-state index contributed by atoms with van der Waals surface area (Å²) in [5.74, 6) is -1.23. The number of halogens is 3. The lowest BCUT2D eigenvalue weighted by Crippen LogP contribution is -2.35. The van der Waals surface area contributed by atoms with E-state index in [1.807, 2.05) is 0 Å². The van der Waals surface area contributed by atoms with E-state index in [2.05, 4.69) is 20.5 Å². The summed E-state index contributed by atoms with van der Waals surface area (Å²) in [7, 11) is 1.62. The molecule has 11 heteroatoms. The third kappa shape index (κ3) is 2.48. The number of nitrogens with one attached hydrogen (secondary N) is 1. The van der Waals surface area contributed by atoms with Gasteiger partial charge in [-0.2, -0.15) is 28.4 Å². The van der Waals surface area contributed by atoms with E-state index in [1.165, 1.54) is 40.2 Å². The number of Topliss-reactive ketones (excluding diaryl/α,β-unsaturated/α-hetero) is 1. The number of aromatic nitrogens is 5. The van der Waals surface area contributed by atoms with Gasteiger partial charge in [-0.15, -0.1) is 0 Å². The Hall–Kier alpha value is -3.37. The van der Waals surface area contributed by atoms with Crippen molar-refractivity contribution in [3.8, 4) is 0 Å². The molecule has 1 atom stereocenters. The highest BCUT2D eigenvalue weighted by Gasteiger charge is 2.46. The molecule has 26 heavy (non-hydrogen) atoms. The maximum Gasteiger partial charge on any atom is 0.431 e. The molecule has 0 aromatic carbocycles. The van der Waals surface area contributed by atoms with Crippen molar-refractivity contribution in [1.82, 2.24) is 24.5 Å². The molecule has 0 unspecified atom stereocenters. The standard InChI is InChI=1S/C15H11F3N6O2/c1-23-6-8(5-20-23)11-10(12(25)9-3-2-4-26-9)13(15(16,17)18)22-14-19-7-21-24(11)14/h2-7,11H,1H3,(H,19,21,22)/t11-/m1/s1. The number of hydrogen-bond acceptors (Lipinski definition) is 6. The van der Waals surface area contributed by atoms with Gasteiger partial charge in [-0.1, -0.05) is 0 Å². The molecule has 3 aromatic rings. The summed E-state index contributed by atoms with van der Waals surface area (Å²) >= 11 is 0. The van der Waals surface area contributed by atoms with Crippen LogP contribution in [0.4, 0.5) is 19.1 Å². The fourth-order valence-corrected chi connectivity index (χ4v) is 2.86. The zero-order valence-electron chi connectivity index (χ0n) is 13.2. The normalized spacial score (nSPS) is 17.2. The highest BCUT2D eigenvalue weighted by molar-refractivity contribution is 6.09. The average molecular weight is 364 g/mol. The number of furan rings is 1. The van der Waals surface area contributed by atoms with Crippen molar-refractivity contribution in [3.05, 3.63) is 59.7 Å². The molecule has 1 aliphatic rings. The van der Waals surface area contributed by atoms with Crippen LogP contribution in [-0.2, 0) is 7.05 Å². The van der Waals surface area contributed by atoms with E-state index in [0.717, 1.165) is 6.33 Å². The predicted octanol–water partition coefficient (Wildman–Crippen LogP) is 2.32. The molecule has 1 aliphatic heterocycles. The first-order valence-corrected chi connectivity index (χ1v) is 7.41. The lowest BCUT2D eigenvalue weighted by molar-refractivity contribution is -0.0918.